The third-order valence-corrected chi connectivity index (χ3v) is 10.5. The molecule has 5 aromatic carbocycles. The number of azo groups is 2. The molecule has 0 spiro atoms. The Balaban J connectivity index is 1.72. The van der Waals surface area contributed by atoms with Crippen molar-refractivity contribution in [3.63, 3.8) is 0 Å². The van der Waals surface area contributed by atoms with Gasteiger partial charge >= 0.3 is 0 Å². The molecule has 0 saturated heterocycles. The Morgan fingerprint density at radius 2 is 1.10 bits per heavy atom. The van der Waals surface area contributed by atoms with Gasteiger partial charge < -0.3 is 15.6 Å². The maximum absolute atomic E-state index is 12.3. The number of anilines is 1. The number of hydrogen-bond acceptors (Lipinski definition) is 15. The summed E-state index contributed by atoms with van der Waals surface area (Å²) in [5.41, 5.74) is 3.73. The number of methoxy groups -OCH3 is 1. The molecule has 23 heteroatoms. The number of benzene rings is 5. The van der Waals surface area contributed by atoms with E-state index in [2.05, 4.69) is 20.5 Å². The molecular weight excluding hydrogens is 747 g/mol. The van der Waals surface area contributed by atoms with Crippen molar-refractivity contribution in [1.82, 2.24) is 0 Å². The van der Waals surface area contributed by atoms with E-state index in [1.54, 1.807) is 0 Å². The Kier molecular flexibility index (Phi) is 9.13. The van der Waals surface area contributed by atoms with Gasteiger partial charge in [-0.1, -0.05) is 6.07 Å². The standard InChI is InChI=1S/C27H21N5O14S4/c1-46-14-2-5-22(24(10-14)49(40,41)42)31-29-20-6-7-21(18-11-15(47(34,35)36)3-4-16(18)20)30-32-26-25(50(43,44)45)9-13-8-23(48(37,38)39)19(28)12-17(13)27(26)33/h2-12,33H,28H2,1H3,(H,34,35,36)(H,37,38,39)(H,40,41,42)(H,43,44,45)/b31-29+,32-30+. The molecule has 0 amide bonds. The lowest BCUT2D eigenvalue weighted by Gasteiger charge is -2.11. The molecule has 0 radical (unpaired) electrons. The van der Waals surface area contributed by atoms with E-state index >= 15 is 0 Å². The fourth-order valence-electron chi connectivity index (χ4n) is 4.66. The molecule has 50 heavy (non-hydrogen) atoms. The van der Waals surface area contributed by atoms with Crippen LogP contribution in [-0.2, 0) is 40.5 Å². The average Bonchev–Trinajstić information content (AvgIpc) is 3.01. The van der Waals surface area contributed by atoms with E-state index in [1.807, 2.05) is 0 Å². The summed E-state index contributed by atoms with van der Waals surface area (Å²) in [6.07, 6.45) is 0. The molecule has 0 atom stereocenters. The van der Waals surface area contributed by atoms with Gasteiger partial charge in [0.25, 0.3) is 40.5 Å². The Labute approximate surface area is 282 Å². The molecule has 7 N–H and O–H groups in total. The smallest absolute Gasteiger partial charge is 0.296 e. The number of nitrogens with two attached hydrogens (primary N) is 1. The summed E-state index contributed by atoms with van der Waals surface area (Å²) in [7, 11) is -18.4. The molecule has 0 aromatic heterocycles. The first-order valence-electron chi connectivity index (χ1n) is 13.2. The number of nitrogen functional groups attached to an aromatic ring is 1. The van der Waals surface area contributed by atoms with Crippen LogP contribution >= 0.6 is 0 Å². The van der Waals surface area contributed by atoms with Crippen LogP contribution in [0.3, 0.4) is 0 Å². The molecule has 5 aromatic rings. The summed E-state index contributed by atoms with van der Waals surface area (Å²) in [5.74, 6) is -0.870. The fraction of sp³-hybridized carbons (Fsp3) is 0.0370. The number of ether oxygens (including phenoxy) is 1. The first-order chi connectivity index (χ1) is 23.1. The highest BCUT2D eigenvalue weighted by Gasteiger charge is 2.25. The van der Waals surface area contributed by atoms with E-state index < -0.39 is 77.2 Å². The van der Waals surface area contributed by atoms with Crippen molar-refractivity contribution in [1.29, 1.82) is 0 Å². The van der Waals surface area contributed by atoms with Crippen LogP contribution in [0.15, 0.2) is 107 Å². The second-order valence-corrected chi connectivity index (χ2v) is 15.7. The number of phenols is 1. The second kappa shape index (κ2) is 12.6. The maximum atomic E-state index is 12.3. The summed E-state index contributed by atoms with van der Waals surface area (Å²) in [4.78, 5) is -3.15. The minimum atomic E-state index is -5.20. The van der Waals surface area contributed by atoms with E-state index in [9.17, 15) is 57.0 Å². The summed E-state index contributed by atoms with van der Waals surface area (Å²) in [6, 6.07) is 11.4. The van der Waals surface area contributed by atoms with Gasteiger partial charge in [-0.3, -0.25) is 18.2 Å². The summed E-state index contributed by atoms with van der Waals surface area (Å²) >= 11 is 0. The molecule has 5 rings (SSSR count). The van der Waals surface area contributed by atoms with Gasteiger partial charge in [-0.25, -0.2) is 0 Å². The lowest BCUT2D eigenvalue weighted by Crippen LogP contribution is -2.04. The first-order valence-corrected chi connectivity index (χ1v) is 18.9. The van der Waals surface area contributed by atoms with E-state index in [4.69, 9.17) is 10.5 Å². The molecule has 0 heterocycles. The minimum absolute atomic E-state index is 0.0322. The molecule has 0 bridgehead atoms. The molecule has 0 fully saturated rings. The normalized spacial score (nSPS) is 13.1. The fourth-order valence-corrected chi connectivity index (χ4v) is 7.10. The lowest BCUT2D eigenvalue weighted by atomic mass is 10.1. The summed E-state index contributed by atoms with van der Waals surface area (Å²) in [5, 5.41) is 26.0. The maximum Gasteiger partial charge on any atom is 0.296 e. The van der Waals surface area contributed by atoms with Crippen LogP contribution in [0.25, 0.3) is 21.5 Å². The Hall–Kier alpha value is -5.14. The molecule has 0 aliphatic heterocycles. The zero-order valence-electron chi connectivity index (χ0n) is 24.8. The number of hydrogen-bond donors (Lipinski definition) is 6. The monoisotopic (exact) mass is 767 g/mol. The molecule has 262 valence electrons. The minimum Gasteiger partial charge on any atom is -0.505 e. The van der Waals surface area contributed by atoms with Crippen molar-refractivity contribution < 1.29 is 61.7 Å². The van der Waals surface area contributed by atoms with Gasteiger partial charge in [-0.2, -0.15) is 33.7 Å². The van der Waals surface area contributed by atoms with Gasteiger partial charge in [-0.05, 0) is 60.0 Å². The topological polar surface area (TPSA) is 322 Å². The SMILES string of the molecule is COc1ccc(/N=N/c2ccc(/N=N/c3c(S(=O)(=O)O)cc4cc(S(=O)(=O)O)c(N)cc4c3O)c3cc(S(=O)(=O)O)ccc23)c(S(=O)(=O)O)c1. The van der Waals surface area contributed by atoms with Crippen molar-refractivity contribution in [3.8, 4) is 11.5 Å². The number of fused-ring (bicyclic) bond motifs is 2. The molecule has 0 saturated carbocycles. The van der Waals surface area contributed by atoms with Crippen molar-refractivity contribution in [2.45, 2.75) is 19.6 Å². The third-order valence-electron chi connectivity index (χ3n) is 6.95. The third kappa shape index (κ3) is 7.24. The van der Waals surface area contributed by atoms with Gasteiger partial charge in [0.15, 0.2) is 5.75 Å². The summed E-state index contributed by atoms with van der Waals surface area (Å²) in [6.45, 7) is 0. The average molecular weight is 768 g/mol. The van der Waals surface area contributed by atoms with Crippen molar-refractivity contribution in [3.05, 3.63) is 66.7 Å². The van der Waals surface area contributed by atoms with Crippen LogP contribution in [0.4, 0.5) is 28.4 Å². The van der Waals surface area contributed by atoms with Crippen molar-refractivity contribution in [2.75, 3.05) is 12.8 Å². The first kappa shape index (κ1) is 36.1. The van der Waals surface area contributed by atoms with Crippen LogP contribution in [0, 0.1) is 0 Å². The van der Waals surface area contributed by atoms with Crippen LogP contribution in [0.5, 0.6) is 11.5 Å². The molecule has 0 aliphatic carbocycles. The summed E-state index contributed by atoms with van der Waals surface area (Å²) < 4.78 is 140. The van der Waals surface area contributed by atoms with Gasteiger partial charge in [-0.15, -0.1) is 20.5 Å². The van der Waals surface area contributed by atoms with Gasteiger partial charge in [0, 0.05) is 22.2 Å². The van der Waals surface area contributed by atoms with Crippen LogP contribution in [0.2, 0.25) is 0 Å². The highest BCUT2D eigenvalue weighted by atomic mass is 32.2. The Morgan fingerprint density at radius 1 is 0.560 bits per heavy atom. The van der Waals surface area contributed by atoms with Gasteiger partial charge in [0.2, 0.25) is 0 Å². The number of phenolic OH excluding ortho intramolecular Hbond substituents is 1. The number of aromatic hydroxyl groups is 1. The second-order valence-electron chi connectivity index (χ2n) is 10.1. The zero-order chi connectivity index (χ0) is 37.0. The lowest BCUT2D eigenvalue weighted by molar-refractivity contribution is 0.412. The quantitative estimate of drug-likeness (QED) is 0.0645. The van der Waals surface area contributed by atoms with E-state index in [1.165, 1.54) is 37.4 Å². The Morgan fingerprint density at radius 3 is 1.68 bits per heavy atom. The number of nitrogens with zero attached hydrogens (tertiary/aromatic N) is 4. The molecule has 0 aliphatic rings. The van der Waals surface area contributed by atoms with Crippen molar-refractivity contribution >= 4 is 90.5 Å². The molecular formula is C27H21N5O14S4. The molecule has 19 nitrogen and oxygen atoms in total. The highest BCUT2D eigenvalue weighted by Crippen LogP contribution is 2.44. The van der Waals surface area contributed by atoms with Crippen LogP contribution in [0.1, 0.15) is 0 Å². The predicted octanol–water partition coefficient (Wildman–Crippen LogP) is 5.11. The van der Waals surface area contributed by atoms with E-state index in [-0.39, 0.29) is 44.4 Å². The van der Waals surface area contributed by atoms with Gasteiger partial charge in [0.05, 0.1) is 29.1 Å². The highest BCUT2D eigenvalue weighted by molar-refractivity contribution is 7.86. The van der Waals surface area contributed by atoms with Crippen LogP contribution in [-0.4, -0.2) is 64.1 Å². The predicted molar refractivity (Wildman–Crippen MR) is 175 cm³/mol. The van der Waals surface area contributed by atoms with E-state index in [0.29, 0.717) is 0 Å². The van der Waals surface area contributed by atoms with Crippen LogP contribution < -0.4 is 10.5 Å². The largest absolute Gasteiger partial charge is 0.505 e. The van der Waals surface area contributed by atoms with Gasteiger partial charge in [0.1, 0.15) is 31.8 Å². The number of rotatable bonds is 9. The zero-order valence-corrected chi connectivity index (χ0v) is 28.0. The van der Waals surface area contributed by atoms with E-state index in [0.717, 1.165) is 36.4 Å². The Bertz CT molecular complexity index is 2770. The van der Waals surface area contributed by atoms with Crippen molar-refractivity contribution in [2.24, 2.45) is 20.5 Å². The molecule has 0 unspecified atom stereocenters.